The average molecular weight is 926 g/mol. The molecule has 1 fully saturated rings. The second kappa shape index (κ2) is 27.2. The van der Waals surface area contributed by atoms with Crippen LogP contribution >= 0.6 is 0 Å². The molecule has 17 nitrogen and oxygen atoms in total. The van der Waals surface area contributed by atoms with Crippen molar-refractivity contribution in [2.75, 3.05) is 45.9 Å². The minimum absolute atomic E-state index is 0.0120. The Hall–Kier alpha value is -6.50. The number of nitrogens with zero attached hydrogens (tertiary/aromatic N) is 3. The molecule has 5 rings (SSSR count). The van der Waals surface area contributed by atoms with Gasteiger partial charge >= 0.3 is 35.8 Å². The first-order chi connectivity index (χ1) is 32.4. The molecule has 67 heavy (non-hydrogen) atoms. The van der Waals surface area contributed by atoms with Crippen LogP contribution in [0.2, 0.25) is 0 Å². The second-order valence-corrected chi connectivity index (χ2v) is 16.3. The van der Waals surface area contributed by atoms with Crippen LogP contribution in [0, 0.1) is 0 Å². The van der Waals surface area contributed by atoms with Gasteiger partial charge in [-0.2, -0.15) is 0 Å². The van der Waals surface area contributed by atoms with Crippen LogP contribution in [0.5, 0.6) is 0 Å². The summed E-state index contributed by atoms with van der Waals surface area (Å²) in [5, 5.41) is 30.0. The Bertz CT molecular complexity index is 2080. The Kier molecular flexibility index (Phi) is 20.9. The van der Waals surface area contributed by atoms with Crippen molar-refractivity contribution in [1.82, 2.24) is 14.7 Å². The van der Waals surface area contributed by atoms with E-state index in [-0.39, 0.29) is 85.0 Å². The van der Waals surface area contributed by atoms with Crippen LogP contribution in [0.3, 0.4) is 0 Å². The zero-order chi connectivity index (χ0) is 47.9. The number of carboxylic acid groups (broad SMARTS) is 3. The van der Waals surface area contributed by atoms with Gasteiger partial charge in [-0.1, -0.05) is 121 Å². The second-order valence-electron chi connectivity index (χ2n) is 16.3. The third kappa shape index (κ3) is 17.7. The van der Waals surface area contributed by atoms with Crippen LogP contribution in [0.25, 0.3) is 0 Å². The Morgan fingerprint density at radius 1 is 0.522 bits per heavy atom. The van der Waals surface area contributed by atoms with E-state index in [1.165, 1.54) is 0 Å². The van der Waals surface area contributed by atoms with Gasteiger partial charge in [0.1, 0.15) is 38.5 Å². The maximum atomic E-state index is 14.2. The Morgan fingerprint density at radius 3 is 1.31 bits per heavy atom. The molecule has 1 aliphatic rings. The largest absolute Gasteiger partial charge is 0.481 e. The van der Waals surface area contributed by atoms with E-state index in [2.05, 4.69) is 0 Å². The van der Waals surface area contributed by atoms with Gasteiger partial charge in [-0.05, 0) is 41.5 Å². The summed E-state index contributed by atoms with van der Waals surface area (Å²) in [5.74, 6) is -5.66. The van der Waals surface area contributed by atoms with E-state index < -0.39 is 79.2 Å². The molecule has 0 bridgehead atoms. The zero-order valence-electron chi connectivity index (χ0n) is 37.4. The molecular formula is C50H59N3O14. The number of aliphatic carboxylic acids is 3. The number of hydrogen-bond donors (Lipinski definition) is 3. The predicted molar refractivity (Wildman–Crippen MR) is 242 cm³/mol. The molecule has 1 saturated heterocycles. The number of carboxylic acids is 3. The lowest BCUT2D eigenvalue weighted by Gasteiger charge is -2.47. The molecule has 0 saturated carbocycles. The van der Waals surface area contributed by atoms with Crippen LogP contribution in [-0.2, 0) is 79.2 Å². The molecule has 4 aromatic carbocycles. The molecule has 4 aromatic rings. The highest BCUT2D eigenvalue weighted by Gasteiger charge is 2.47. The molecule has 2 atom stereocenters. The van der Waals surface area contributed by atoms with E-state index >= 15 is 0 Å². The van der Waals surface area contributed by atoms with Crippen LogP contribution in [0.1, 0.15) is 60.8 Å². The van der Waals surface area contributed by atoms with Gasteiger partial charge in [0.25, 0.3) is 0 Å². The minimum atomic E-state index is -1.45. The van der Waals surface area contributed by atoms with Gasteiger partial charge in [0, 0.05) is 57.5 Å². The van der Waals surface area contributed by atoms with Gasteiger partial charge in [-0.15, -0.1) is 0 Å². The molecule has 0 spiro atoms. The van der Waals surface area contributed by atoms with Crippen LogP contribution in [0.4, 0.5) is 0 Å². The first-order valence-electron chi connectivity index (χ1n) is 22.2. The molecule has 1 aliphatic heterocycles. The topological polar surface area (TPSA) is 219 Å². The fraction of sp³-hybridized carbons (Fsp3) is 0.400. The Morgan fingerprint density at radius 2 is 0.910 bits per heavy atom. The van der Waals surface area contributed by atoms with Crippen molar-refractivity contribution in [3.8, 4) is 0 Å². The zero-order valence-corrected chi connectivity index (χ0v) is 37.4. The summed E-state index contributed by atoms with van der Waals surface area (Å²) in [6.45, 7) is -1.08. The van der Waals surface area contributed by atoms with E-state index in [1.54, 1.807) is 87.5 Å². The fourth-order valence-electron chi connectivity index (χ4n) is 7.99. The molecule has 3 N–H and O–H groups in total. The van der Waals surface area contributed by atoms with Gasteiger partial charge in [-0.25, -0.2) is 9.78 Å². The maximum Gasteiger partial charge on any atom is 0.323 e. The van der Waals surface area contributed by atoms with Crippen molar-refractivity contribution in [2.45, 2.75) is 82.6 Å². The number of benzene rings is 4. The third-order valence-corrected chi connectivity index (χ3v) is 11.4. The van der Waals surface area contributed by atoms with Crippen LogP contribution < -0.4 is 0 Å². The van der Waals surface area contributed by atoms with Crippen LogP contribution in [0.15, 0.2) is 121 Å². The normalized spacial score (nSPS) is 16.3. The molecule has 0 aromatic heterocycles. The van der Waals surface area contributed by atoms with Crippen molar-refractivity contribution in [1.29, 1.82) is 0 Å². The number of rotatable bonds is 28. The van der Waals surface area contributed by atoms with E-state index in [4.69, 9.17) is 24.0 Å². The molecule has 0 aliphatic carbocycles. The van der Waals surface area contributed by atoms with Crippen molar-refractivity contribution in [2.24, 2.45) is 0 Å². The van der Waals surface area contributed by atoms with E-state index in [1.807, 2.05) is 48.5 Å². The summed E-state index contributed by atoms with van der Waals surface area (Å²) < 4.78 is 17.4. The monoisotopic (exact) mass is 925 g/mol. The quantitative estimate of drug-likeness (QED) is 0.0215. The lowest BCUT2D eigenvalue weighted by Crippen LogP contribution is -2.63. The maximum absolute atomic E-state index is 14.2. The molecule has 17 heteroatoms. The summed E-state index contributed by atoms with van der Waals surface area (Å²) in [6.07, 6.45) is -1.86. The molecule has 1 heterocycles. The van der Waals surface area contributed by atoms with Crippen molar-refractivity contribution >= 4 is 35.8 Å². The first-order valence-corrected chi connectivity index (χ1v) is 22.2. The summed E-state index contributed by atoms with van der Waals surface area (Å²) in [7, 11) is 0. The summed E-state index contributed by atoms with van der Waals surface area (Å²) in [6, 6.07) is 33.7. The smallest absolute Gasteiger partial charge is 0.323 e. The summed E-state index contributed by atoms with van der Waals surface area (Å²) in [5.41, 5.74) is 1.48. The molecular weight excluding hydrogens is 867 g/mol. The number of carbonyl (C=O) groups excluding carboxylic acids is 3. The molecule has 0 radical (unpaired) electrons. The Labute approximate surface area is 389 Å². The highest BCUT2D eigenvalue weighted by atomic mass is 17.2. The average Bonchev–Trinajstić information content (AvgIpc) is 3.52. The molecule has 358 valence electrons. The van der Waals surface area contributed by atoms with Gasteiger partial charge in [0.15, 0.2) is 0 Å². The number of carbonyl (C=O) groups is 6. The third-order valence-electron chi connectivity index (χ3n) is 11.4. The van der Waals surface area contributed by atoms with Crippen LogP contribution in [-0.4, -0.2) is 129 Å². The lowest BCUT2D eigenvalue weighted by atomic mass is 9.88. The standard InChI is InChI=1S/C50H59N3O14/c54-44(55)23-21-42(48(61)64-33-39-15-7-2-8-16-39)51-27-28-52(43(22-24-45(56)57)49(62)65-34-40-17-9-3-10-18-40)37-50(36-51,26-25-46(58)59)53(29-30-66-67-35-41-19-11-4-12-20-41)31-47(60)63-32-38-13-5-1-6-14-38/h1-20,42-43H,21-37H2,(H,54,55)(H,56,57)(H,58,59). The minimum Gasteiger partial charge on any atom is -0.481 e. The first kappa shape index (κ1) is 51.5. The lowest BCUT2D eigenvalue weighted by molar-refractivity contribution is -0.306. The van der Waals surface area contributed by atoms with Crippen molar-refractivity contribution in [3.63, 3.8) is 0 Å². The van der Waals surface area contributed by atoms with E-state index in [0.29, 0.717) is 11.1 Å². The predicted octanol–water partition coefficient (Wildman–Crippen LogP) is 5.36. The summed E-state index contributed by atoms with van der Waals surface area (Å²) >= 11 is 0. The number of esters is 3. The van der Waals surface area contributed by atoms with Gasteiger partial charge in [0.2, 0.25) is 0 Å². The number of ether oxygens (including phenoxy) is 3. The van der Waals surface area contributed by atoms with Gasteiger partial charge < -0.3 is 29.5 Å². The van der Waals surface area contributed by atoms with Gasteiger partial charge in [0.05, 0.1) is 13.2 Å². The van der Waals surface area contributed by atoms with Crippen molar-refractivity contribution in [3.05, 3.63) is 144 Å². The number of hydrogen-bond acceptors (Lipinski definition) is 14. The van der Waals surface area contributed by atoms with Gasteiger partial charge in [-0.3, -0.25) is 43.5 Å². The van der Waals surface area contributed by atoms with Crippen molar-refractivity contribution < 1.29 is 68.1 Å². The highest BCUT2D eigenvalue weighted by molar-refractivity contribution is 5.78. The fourth-order valence-corrected chi connectivity index (χ4v) is 7.99. The SMILES string of the molecule is O=C(O)CCC(C(=O)OCc1ccccc1)N1CCN(C(CCC(=O)O)C(=O)OCc2ccccc2)CC(CCC(=O)O)(N(CCOOCc2ccccc2)CC(=O)OCc2ccccc2)C1. The van der Waals surface area contributed by atoms with E-state index in [9.17, 15) is 44.1 Å². The molecule has 0 amide bonds. The highest BCUT2D eigenvalue weighted by Crippen LogP contribution is 2.32. The summed E-state index contributed by atoms with van der Waals surface area (Å²) in [4.78, 5) is 95.6. The Balaban J connectivity index is 1.57. The van der Waals surface area contributed by atoms with E-state index in [0.717, 1.165) is 11.1 Å². The molecule has 2 unspecified atom stereocenters.